The van der Waals surface area contributed by atoms with E-state index < -0.39 is 0 Å². The van der Waals surface area contributed by atoms with E-state index in [0.29, 0.717) is 17.6 Å². The third-order valence-corrected chi connectivity index (χ3v) is 3.33. The van der Waals surface area contributed by atoms with E-state index in [9.17, 15) is 0 Å². The molecule has 0 saturated carbocycles. The molecule has 0 amide bonds. The molecule has 2 unspecified atom stereocenters. The summed E-state index contributed by atoms with van der Waals surface area (Å²) in [4.78, 5) is 4.25. The number of aromatic nitrogens is 1. The van der Waals surface area contributed by atoms with Gasteiger partial charge in [0.15, 0.2) is 0 Å². The quantitative estimate of drug-likeness (QED) is 0.848. The molecular formula is C13H18N4. The average molecular weight is 230 g/mol. The van der Waals surface area contributed by atoms with Crippen LogP contribution >= 0.6 is 0 Å². The highest BCUT2D eigenvalue weighted by Crippen LogP contribution is 2.22. The number of anilines is 1. The van der Waals surface area contributed by atoms with Crippen LogP contribution in [-0.2, 0) is 0 Å². The van der Waals surface area contributed by atoms with Gasteiger partial charge in [0, 0.05) is 18.3 Å². The van der Waals surface area contributed by atoms with Gasteiger partial charge < -0.3 is 5.43 Å². The van der Waals surface area contributed by atoms with Crippen LogP contribution in [0.1, 0.15) is 38.7 Å². The summed E-state index contributed by atoms with van der Waals surface area (Å²) in [6.45, 7) is 4.44. The van der Waals surface area contributed by atoms with Crippen molar-refractivity contribution in [3.63, 3.8) is 0 Å². The highest BCUT2D eigenvalue weighted by atomic mass is 15.5. The molecule has 0 aliphatic carbocycles. The van der Waals surface area contributed by atoms with E-state index >= 15 is 0 Å². The summed E-state index contributed by atoms with van der Waals surface area (Å²) in [6, 6.07) is 6.64. The van der Waals surface area contributed by atoms with Gasteiger partial charge in [0.05, 0.1) is 11.6 Å². The van der Waals surface area contributed by atoms with E-state index in [4.69, 9.17) is 5.26 Å². The Morgan fingerprint density at radius 2 is 2.12 bits per heavy atom. The van der Waals surface area contributed by atoms with Gasteiger partial charge in [-0.2, -0.15) is 5.26 Å². The molecule has 90 valence electrons. The van der Waals surface area contributed by atoms with Crippen LogP contribution in [0.3, 0.4) is 0 Å². The first-order valence-electron chi connectivity index (χ1n) is 6.12. The number of nitrogens with zero attached hydrogens (tertiary/aromatic N) is 3. The normalized spacial score (nSPS) is 25.2. The minimum atomic E-state index is 0.506. The lowest BCUT2D eigenvalue weighted by molar-refractivity contribution is 0.135. The van der Waals surface area contributed by atoms with E-state index in [2.05, 4.69) is 35.3 Å². The van der Waals surface area contributed by atoms with Gasteiger partial charge in [0.25, 0.3) is 0 Å². The van der Waals surface area contributed by atoms with Crippen LogP contribution in [0, 0.1) is 11.3 Å². The van der Waals surface area contributed by atoms with Gasteiger partial charge in [-0.15, -0.1) is 0 Å². The number of hydrazine groups is 1. The summed E-state index contributed by atoms with van der Waals surface area (Å²) in [5.74, 6) is 0.754. The Morgan fingerprint density at radius 1 is 1.41 bits per heavy atom. The van der Waals surface area contributed by atoms with Gasteiger partial charge in [-0.3, -0.25) is 0 Å². The number of nitriles is 1. The highest BCUT2D eigenvalue weighted by Gasteiger charge is 2.24. The molecule has 1 aromatic heterocycles. The second-order valence-electron chi connectivity index (χ2n) is 4.69. The lowest BCUT2D eigenvalue weighted by Gasteiger charge is -2.39. The molecule has 0 aromatic carbocycles. The van der Waals surface area contributed by atoms with Crippen molar-refractivity contribution in [3.8, 4) is 6.07 Å². The van der Waals surface area contributed by atoms with Crippen molar-refractivity contribution in [1.82, 2.24) is 9.99 Å². The first-order valence-corrected chi connectivity index (χ1v) is 6.12. The number of rotatable bonds is 2. The van der Waals surface area contributed by atoms with Gasteiger partial charge in [0.1, 0.15) is 5.82 Å². The minimum absolute atomic E-state index is 0.506. The molecule has 0 spiro atoms. The molecule has 1 N–H and O–H groups in total. The maximum atomic E-state index is 8.85. The number of piperidine rings is 1. The van der Waals surface area contributed by atoms with E-state index in [1.807, 2.05) is 0 Å². The summed E-state index contributed by atoms with van der Waals surface area (Å²) in [5.41, 5.74) is 3.96. The van der Waals surface area contributed by atoms with Crippen molar-refractivity contribution in [3.05, 3.63) is 23.9 Å². The lowest BCUT2D eigenvalue weighted by Crippen LogP contribution is -2.47. The summed E-state index contributed by atoms with van der Waals surface area (Å²) in [6.07, 6.45) is 5.36. The van der Waals surface area contributed by atoms with Gasteiger partial charge in [-0.05, 0) is 38.8 Å². The minimum Gasteiger partial charge on any atom is -0.303 e. The monoisotopic (exact) mass is 230 g/mol. The van der Waals surface area contributed by atoms with E-state index in [1.54, 1.807) is 18.3 Å². The van der Waals surface area contributed by atoms with Crippen molar-refractivity contribution >= 4 is 5.82 Å². The van der Waals surface area contributed by atoms with Crippen molar-refractivity contribution in [2.24, 2.45) is 0 Å². The standard InChI is InChI=1S/C13H18N4/c1-10-4-3-5-11(2)17(10)16-13-8-12(9-14)6-7-15-13/h6-8,10-11H,3-5H2,1-2H3,(H,15,16). The Labute approximate surface area is 102 Å². The van der Waals surface area contributed by atoms with Crippen LogP contribution in [-0.4, -0.2) is 22.1 Å². The van der Waals surface area contributed by atoms with Crippen LogP contribution in [0.5, 0.6) is 0 Å². The van der Waals surface area contributed by atoms with Gasteiger partial charge in [0.2, 0.25) is 0 Å². The third kappa shape index (κ3) is 2.75. The molecule has 1 aromatic rings. The summed E-state index contributed by atoms with van der Waals surface area (Å²) < 4.78 is 0. The molecule has 2 heterocycles. The molecule has 1 aliphatic rings. The van der Waals surface area contributed by atoms with Gasteiger partial charge >= 0.3 is 0 Å². The molecule has 0 bridgehead atoms. The summed E-state index contributed by atoms with van der Waals surface area (Å²) in [7, 11) is 0. The Kier molecular flexibility index (Phi) is 3.60. The second-order valence-corrected chi connectivity index (χ2v) is 4.69. The van der Waals surface area contributed by atoms with Crippen LogP contribution in [0.25, 0.3) is 0 Å². The molecule has 0 radical (unpaired) electrons. The maximum absolute atomic E-state index is 8.85. The van der Waals surface area contributed by atoms with Gasteiger partial charge in [-0.25, -0.2) is 9.99 Å². The highest BCUT2D eigenvalue weighted by molar-refractivity contribution is 5.41. The molecular weight excluding hydrogens is 212 g/mol. The molecule has 2 rings (SSSR count). The Morgan fingerprint density at radius 3 is 2.76 bits per heavy atom. The second kappa shape index (κ2) is 5.15. The fourth-order valence-corrected chi connectivity index (χ4v) is 2.34. The van der Waals surface area contributed by atoms with Crippen molar-refractivity contribution in [2.45, 2.75) is 45.2 Å². The Bertz CT molecular complexity index is 414. The fourth-order valence-electron chi connectivity index (χ4n) is 2.34. The van der Waals surface area contributed by atoms with Crippen LogP contribution in [0.15, 0.2) is 18.3 Å². The number of nitrogens with one attached hydrogen (secondary N) is 1. The summed E-state index contributed by atoms with van der Waals surface area (Å²) >= 11 is 0. The van der Waals surface area contributed by atoms with Crippen molar-refractivity contribution in [1.29, 1.82) is 5.26 Å². The van der Waals surface area contributed by atoms with Gasteiger partial charge in [-0.1, -0.05) is 6.42 Å². The molecule has 4 nitrogen and oxygen atoms in total. The predicted octanol–water partition coefficient (Wildman–Crippen LogP) is 2.54. The third-order valence-electron chi connectivity index (χ3n) is 3.33. The largest absolute Gasteiger partial charge is 0.303 e. The van der Waals surface area contributed by atoms with Crippen molar-refractivity contribution in [2.75, 3.05) is 5.43 Å². The fraction of sp³-hybridized carbons (Fsp3) is 0.538. The Hall–Kier alpha value is -1.60. The molecule has 1 fully saturated rings. The Balaban J connectivity index is 2.11. The van der Waals surface area contributed by atoms with E-state index in [-0.39, 0.29) is 0 Å². The smallest absolute Gasteiger partial charge is 0.141 e. The SMILES string of the molecule is CC1CCCC(C)N1Nc1cc(C#N)ccn1. The number of pyridine rings is 1. The van der Waals surface area contributed by atoms with Crippen LogP contribution < -0.4 is 5.43 Å². The van der Waals surface area contributed by atoms with E-state index in [1.165, 1.54) is 19.3 Å². The number of hydrogen-bond donors (Lipinski definition) is 1. The molecule has 4 heteroatoms. The predicted molar refractivity (Wildman–Crippen MR) is 67.2 cm³/mol. The zero-order valence-electron chi connectivity index (χ0n) is 10.3. The van der Waals surface area contributed by atoms with Crippen LogP contribution in [0.4, 0.5) is 5.82 Å². The topological polar surface area (TPSA) is 52.0 Å². The summed E-state index contributed by atoms with van der Waals surface area (Å²) in [5, 5.41) is 11.1. The average Bonchev–Trinajstić information content (AvgIpc) is 2.34. The first-order chi connectivity index (χ1) is 8.20. The zero-order chi connectivity index (χ0) is 12.3. The van der Waals surface area contributed by atoms with E-state index in [0.717, 1.165) is 5.82 Å². The molecule has 2 atom stereocenters. The molecule has 1 aliphatic heterocycles. The molecule has 1 saturated heterocycles. The lowest BCUT2D eigenvalue weighted by atomic mass is 10.00. The zero-order valence-corrected chi connectivity index (χ0v) is 10.3. The van der Waals surface area contributed by atoms with Crippen molar-refractivity contribution < 1.29 is 0 Å². The van der Waals surface area contributed by atoms with Crippen LogP contribution in [0.2, 0.25) is 0 Å². The maximum Gasteiger partial charge on any atom is 0.141 e. The first kappa shape index (κ1) is 11.9. The molecule has 17 heavy (non-hydrogen) atoms. The number of hydrogen-bond acceptors (Lipinski definition) is 4.